The van der Waals surface area contributed by atoms with Crippen LogP contribution in [0.5, 0.6) is 0 Å². The lowest BCUT2D eigenvalue weighted by Crippen LogP contribution is -2.38. The van der Waals surface area contributed by atoms with E-state index in [4.69, 9.17) is 25.2 Å². The number of furan rings is 2. The minimum Gasteiger partial charge on any atom is -0.467 e. The quantitative estimate of drug-likeness (QED) is 0.469. The molecule has 33 heavy (non-hydrogen) atoms. The SMILES string of the molecule is C[C@@H](Cc1oc2c(NCc3ccco3)cc(Cl)nc2c1C(=O)N(C)C)NC(=O)OC(C)(C)C. The molecule has 3 rings (SSSR count). The maximum absolute atomic E-state index is 13.0. The fourth-order valence-electron chi connectivity index (χ4n) is 3.23. The van der Waals surface area contributed by atoms with E-state index in [-0.39, 0.29) is 23.5 Å². The summed E-state index contributed by atoms with van der Waals surface area (Å²) in [5, 5.41) is 6.21. The summed E-state index contributed by atoms with van der Waals surface area (Å²) in [7, 11) is 3.29. The molecule has 3 heterocycles. The molecular formula is C23H29ClN4O5. The monoisotopic (exact) mass is 476 g/mol. The van der Waals surface area contributed by atoms with Crippen molar-refractivity contribution in [3.63, 3.8) is 0 Å². The molecule has 178 valence electrons. The van der Waals surface area contributed by atoms with Crippen molar-refractivity contribution in [1.29, 1.82) is 0 Å². The molecule has 3 aromatic heterocycles. The Morgan fingerprint density at radius 1 is 1.30 bits per heavy atom. The average molecular weight is 477 g/mol. The number of amides is 2. The van der Waals surface area contributed by atoms with Gasteiger partial charge in [0.2, 0.25) is 0 Å². The standard InChI is InChI=1S/C23H29ClN4O5/c1-13(26-22(30)33-23(2,3)4)10-16-18(21(29)28(5)6)19-20(32-16)15(11-17(24)27-19)25-12-14-8-7-9-31-14/h7-9,11,13H,10,12H2,1-6H3,(H,25,27)(H,26,30)/t13-/m0/s1. The molecule has 2 amide bonds. The highest BCUT2D eigenvalue weighted by atomic mass is 35.5. The van der Waals surface area contributed by atoms with Crippen LogP contribution in [0, 0.1) is 0 Å². The number of ether oxygens (including phenoxy) is 1. The van der Waals surface area contributed by atoms with Gasteiger partial charge in [0.15, 0.2) is 5.58 Å². The molecule has 0 unspecified atom stereocenters. The second kappa shape index (κ2) is 9.74. The first-order chi connectivity index (χ1) is 15.4. The van der Waals surface area contributed by atoms with Gasteiger partial charge in [-0.3, -0.25) is 4.79 Å². The van der Waals surface area contributed by atoms with Gasteiger partial charge < -0.3 is 29.1 Å². The van der Waals surface area contributed by atoms with E-state index in [0.717, 1.165) is 5.76 Å². The lowest BCUT2D eigenvalue weighted by Gasteiger charge is -2.21. The summed E-state index contributed by atoms with van der Waals surface area (Å²) in [5.74, 6) is 0.839. The van der Waals surface area contributed by atoms with Gasteiger partial charge in [-0.15, -0.1) is 0 Å². The Hall–Kier alpha value is -3.20. The van der Waals surface area contributed by atoms with E-state index in [9.17, 15) is 9.59 Å². The number of nitrogens with one attached hydrogen (secondary N) is 2. The minimum atomic E-state index is -0.621. The zero-order chi connectivity index (χ0) is 24.3. The number of anilines is 1. The van der Waals surface area contributed by atoms with Crippen molar-refractivity contribution >= 4 is 40.4 Å². The lowest BCUT2D eigenvalue weighted by atomic mass is 10.1. The van der Waals surface area contributed by atoms with E-state index in [1.165, 1.54) is 4.90 Å². The number of carbonyl (C=O) groups excluding carboxylic acids is 2. The molecule has 0 saturated carbocycles. The Morgan fingerprint density at radius 2 is 2.03 bits per heavy atom. The van der Waals surface area contributed by atoms with Crippen LogP contribution >= 0.6 is 11.6 Å². The average Bonchev–Trinajstić information content (AvgIpc) is 3.31. The Morgan fingerprint density at radius 3 is 2.64 bits per heavy atom. The molecule has 0 aromatic carbocycles. The Balaban J connectivity index is 1.95. The highest BCUT2D eigenvalue weighted by Gasteiger charge is 2.27. The van der Waals surface area contributed by atoms with E-state index in [1.807, 2.05) is 6.07 Å². The number of alkyl carbamates (subject to hydrolysis) is 1. The predicted octanol–water partition coefficient (Wildman–Crippen LogP) is 4.84. The molecule has 2 N–H and O–H groups in total. The van der Waals surface area contributed by atoms with Crippen LogP contribution in [0.25, 0.3) is 11.1 Å². The van der Waals surface area contributed by atoms with Crippen molar-refractivity contribution in [2.24, 2.45) is 0 Å². The molecular weight excluding hydrogens is 448 g/mol. The van der Waals surface area contributed by atoms with Crippen LogP contribution < -0.4 is 10.6 Å². The molecule has 1 atom stereocenters. The van der Waals surface area contributed by atoms with Crippen molar-refractivity contribution in [2.45, 2.75) is 52.3 Å². The third-order valence-electron chi connectivity index (χ3n) is 4.59. The summed E-state index contributed by atoms with van der Waals surface area (Å²) in [6.45, 7) is 7.56. The van der Waals surface area contributed by atoms with Crippen molar-refractivity contribution in [2.75, 3.05) is 19.4 Å². The summed E-state index contributed by atoms with van der Waals surface area (Å²) in [6.07, 6.45) is 1.29. The number of aromatic nitrogens is 1. The van der Waals surface area contributed by atoms with E-state index in [0.29, 0.717) is 34.7 Å². The molecule has 3 aromatic rings. The molecule has 0 radical (unpaired) electrons. The van der Waals surface area contributed by atoms with Crippen LogP contribution in [0.15, 0.2) is 33.3 Å². The van der Waals surface area contributed by atoms with Gasteiger partial charge in [-0.05, 0) is 39.8 Å². The molecule has 10 heteroatoms. The molecule has 0 spiro atoms. The number of carbonyl (C=O) groups is 2. The fourth-order valence-corrected chi connectivity index (χ4v) is 3.43. The number of hydrogen-bond donors (Lipinski definition) is 2. The van der Waals surface area contributed by atoms with Gasteiger partial charge in [0.1, 0.15) is 33.4 Å². The smallest absolute Gasteiger partial charge is 0.407 e. The normalized spacial score (nSPS) is 12.5. The van der Waals surface area contributed by atoms with Crippen molar-refractivity contribution in [1.82, 2.24) is 15.2 Å². The molecule has 0 bridgehead atoms. The maximum Gasteiger partial charge on any atom is 0.407 e. The fraction of sp³-hybridized carbons (Fsp3) is 0.435. The molecule has 0 fully saturated rings. The highest BCUT2D eigenvalue weighted by molar-refractivity contribution is 6.30. The number of pyridine rings is 1. The maximum atomic E-state index is 13.0. The largest absolute Gasteiger partial charge is 0.467 e. The highest BCUT2D eigenvalue weighted by Crippen LogP contribution is 2.34. The Bertz CT molecular complexity index is 1130. The van der Waals surface area contributed by atoms with E-state index in [2.05, 4.69) is 15.6 Å². The van der Waals surface area contributed by atoms with Crippen molar-refractivity contribution < 1.29 is 23.2 Å². The first-order valence-corrected chi connectivity index (χ1v) is 10.9. The number of hydrogen-bond acceptors (Lipinski definition) is 7. The van der Waals surface area contributed by atoms with Gasteiger partial charge in [-0.25, -0.2) is 9.78 Å². The van der Waals surface area contributed by atoms with Crippen molar-refractivity contribution in [3.8, 4) is 0 Å². The van der Waals surface area contributed by atoms with Crippen molar-refractivity contribution in [3.05, 3.63) is 46.7 Å². The van der Waals surface area contributed by atoms with Gasteiger partial charge >= 0.3 is 6.09 Å². The Labute approximate surface area is 197 Å². The van der Waals surface area contributed by atoms with Gasteiger partial charge in [0, 0.05) is 32.6 Å². The third kappa shape index (κ3) is 6.19. The third-order valence-corrected chi connectivity index (χ3v) is 4.78. The lowest BCUT2D eigenvalue weighted by molar-refractivity contribution is 0.0507. The van der Waals surface area contributed by atoms with E-state index < -0.39 is 11.7 Å². The predicted molar refractivity (Wildman–Crippen MR) is 126 cm³/mol. The van der Waals surface area contributed by atoms with Crippen LogP contribution in [-0.4, -0.2) is 47.6 Å². The second-order valence-corrected chi connectivity index (χ2v) is 9.34. The molecule has 0 aliphatic carbocycles. The first-order valence-electron chi connectivity index (χ1n) is 10.5. The topological polar surface area (TPSA) is 110 Å². The van der Waals surface area contributed by atoms with Crippen LogP contribution in [0.4, 0.5) is 10.5 Å². The first kappa shape index (κ1) is 24.4. The zero-order valence-corrected chi connectivity index (χ0v) is 20.4. The van der Waals surface area contributed by atoms with Gasteiger partial charge in [-0.2, -0.15) is 0 Å². The van der Waals surface area contributed by atoms with Crippen LogP contribution in [0.3, 0.4) is 0 Å². The summed E-state index contributed by atoms with van der Waals surface area (Å²) in [6, 6.07) is 4.89. The number of nitrogens with zero attached hydrogens (tertiary/aromatic N) is 2. The van der Waals surface area contributed by atoms with E-state index in [1.54, 1.807) is 60.2 Å². The van der Waals surface area contributed by atoms with Crippen LogP contribution in [-0.2, 0) is 17.7 Å². The summed E-state index contributed by atoms with van der Waals surface area (Å²) in [4.78, 5) is 31.0. The Kier molecular flexibility index (Phi) is 7.22. The van der Waals surface area contributed by atoms with E-state index >= 15 is 0 Å². The summed E-state index contributed by atoms with van der Waals surface area (Å²) < 4.78 is 16.8. The summed E-state index contributed by atoms with van der Waals surface area (Å²) >= 11 is 6.27. The summed E-state index contributed by atoms with van der Waals surface area (Å²) in [5.41, 5.74) is 1.01. The van der Waals surface area contributed by atoms with Gasteiger partial charge in [0.05, 0.1) is 18.5 Å². The van der Waals surface area contributed by atoms with Crippen LogP contribution in [0.1, 0.15) is 49.6 Å². The molecule has 0 aliphatic heterocycles. The number of rotatable bonds is 7. The van der Waals surface area contributed by atoms with Crippen LogP contribution in [0.2, 0.25) is 5.15 Å². The number of fused-ring (bicyclic) bond motifs is 1. The molecule has 0 aliphatic rings. The molecule has 9 nitrogen and oxygen atoms in total. The number of halogens is 1. The van der Waals surface area contributed by atoms with Gasteiger partial charge in [0.25, 0.3) is 5.91 Å². The zero-order valence-electron chi connectivity index (χ0n) is 19.6. The second-order valence-electron chi connectivity index (χ2n) is 8.95. The minimum absolute atomic E-state index is 0.213. The van der Waals surface area contributed by atoms with Gasteiger partial charge in [-0.1, -0.05) is 11.6 Å². The molecule has 0 saturated heterocycles.